The molecule has 25 heavy (non-hydrogen) atoms. The number of carbonyl (C=O) groups excluding carboxylic acids is 1. The Bertz CT molecular complexity index is 879. The summed E-state index contributed by atoms with van der Waals surface area (Å²) in [5.41, 5.74) is 3.70. The fraction of sp³-hybridized carbons (Fsp3) is 0.300. The van der Waals surface area contributed by atoms with Crippen LogP contribution in [0.15, 0.2) is 48.8 Å². The Balaban J connectivity index is 1.59. The van der Waals surface area contributed by atoms with Gasteiger partial charge < -0.3 is 15.2 Å². The molecule has 2 N–H and O–H groups in total. The second-order valence-corrected chi connectivity index (χ2v) is 6.75. The van der Waals surface area contributed by atoms with Crippen molar-refractivity contribution < 1.29 is 4.79 Å². The molecule has 1 saturated heterocycles. The minimum atomic E-state index is -0.184. The van der Waals surface area contributed by atoms with Gasteiger partial charge in [-0.3, -0.25) is 9.78 Å². The van der Waals surface area contributed by atoms with E-state index in [1.165, 1.54) is 23.8 Å². The summed E-state index contributed by atoms with van der Waals surface area (Å²) in [5, 5.41) is 4.16. The van der Waals surface area contributed by atoms with Crippen LogP contribution in [0.25, 0.3) is 10.9 Å². The van der Waals surface area contributed by atoms with Crippen molar-refractivity contribution in [3.05, 3.63) is 60.0 Å². The average molecular weight is 334 g/mol. The number of nitrogens with one attached hydrogen (secondary N) is 2. The minimum Gasteiger partial charge on any atom is -0.361 e. The monoisotopic (exact) mass is 334 g/mol. The van der Waals surface area contributed by atoms with Crippen molar-refractivity contribution in [1.82, 2.24) is 14.9 Å². The molecule has 4 rings (SSSR count). The summed E-state index contributed by atoms with van der Waals surface area (Å²) in [5.74, 6) is 0.392. The fourth-order valence-electron chi connectivity index (χ4n) is 3.57. The Morgan fingerprint density at radius 3 is 2.84 bits per heavy atom. The molecular formula is C20H22N4O. The number of aromatic nitrogens is 2. The van der Waals surface area contributed by atoms with Crippen LogP contribution in [-0.4, -0.2) is 40.9 Å². The van der Waals surface area contributed by atoms with Gasteiger partial charge in [-0.25, -0.2) is 0 Å². The SMILES string of the molecule is CN1CCC(c2c[nH]c3ccc(NC(=O)c4ccccn4)cc23)CC1. The molecule has 1 amide bonds. The minimum absolute atomic E-state index is 0.184. The van der Waals surface area contributed by atoms with Gasteiger partial charge in [0.15, 0.2) is 0 Å². The molecule has 0 unspecified atom stereocenters. The molecule has 0 bridgehead atoms. The molecule has 0 spiro atoms. The van der Waals surface area contributed by atoms with Crippen LogP contribution in [0, 0.1) is 0 Å². The van der Waals surface area contributed by atoms with Crippen LogP contribution in [-0.2, 0) is 0 Å². The van der Waals surface area contributed by atoms with E-state index in [0.717, 1.165) is 24.3 Å². The first-order chi connectivity index (χ1) is 12.2. The normalized spacial score (nSPS) is 16.2. The largest absolute Gasteiger partial charge is 0.361 e. The molecule has 2 aromatic heterocycles. The molecular weight excluding hydrogens is 312 g/mol. The third-order valence-corrected chi connectivity index (χ3v) is 5.03. The van der Waals surface area contributed by atoms with E-state index >= 15 is 0 Å². The molecule has 1 aromatic carbocycles. The van der Waals surface area contributed by atoms with E-state index in [0.29, 0.717) is 11.6 Å². The fourth-order valence-corrected chi connectivity index (χ4v) is 3.57. The number of aromatic amines is 1. The molecule has 0 atom stereocenters. The van der Waals surface area contributed by atoms with Crippen molar-refractivity contribution in [3.63, 3.8) is 0 Å². The van der Waals surface area contributed by atoms with Gasteiger partial charge in [0.05, 0.1) is 0 Å². The maximum absolute atomic E-state index is 12.3. The maximum atomic E-state index is 12.3. The molecule has 1 aliphatic rings. The number of benzene rings is 1. The highest BCUT2D eigenvalue weighted by atomic mass is 16.1. The van der Waals surface area contributed by atoms with Crippen molar-refractivity contribution in [2.45, 2.75) is 18.8 Å². The lowest BCUT2D eigenvalue weighted by atomic mass is 9.89. The summed E-state index contributed by atoms with van der Waals surface area (Å²) in [6.45, 7) is 2.26. The van der Waals surface area contributed by atoms with Gasteiger partial charge in [-0.15, -0.1) is 0 Å². The molecule has 1 fully saturated rings. The van der Waals surface area contributed by atoms with Crippen molar-refractivity contribution in [2.75, 3.05) is 25.5 Å². The zero-order valence-corrected chi connectivity index (χ0v) is 14.3. The number of amides is 1. The van der Waals surface area contributed by atoms with Gasteiger partial charge in [0.1, 0.15) is 5.69 Å². The number of likely N-dealkylation sites (tertiary alicyclic amines) is 1. The standard InChI is InChI=1S/C20H22N4O/c1-24-10-7-14(8-11-24)17-13-22-18-6-5-15(12-16(17)18)23-20(25)19-4-2-3-9-21-19/h2-6,9,12-14,22H,7-8,10-11H2,1H3,(H,23,25). The number of anilines is 1. The van der Waals surface area contributed by atoms with Crippen LogP contribution >= 0.6 is 0 Å². The number of H-pyrrole nitrogens is 1. The third kappa shape index (κ3) is 3.28. The summed E-state index contributed by atoms with van der Waals surface area (Å²) in [6, 6.07) is 11.4. The summed E-state index contributed by atoms with van der Waals surface area (Å²) in [6.07, 6.45) is 6.11. The van der Waals surface area contributed by atoms with Crippen molar-refractivity contribution in [2.24, 2.45) is 0 Å². The Morgan fingerprint density at radius 1 is 1.24 bits per heavy atom. The number of hydrogen-bond donors (Lipinski definition) is 2. The molecule has 3 aromatic rings. The number of rotatable bonds is 3. The van der Waals surface area contributed by atoms with E-state index in [2.05, 4.69) is 39.5 Å². The van der Waals surface area contributed by atoms with Gasteiger partial charge in [-0.05, 0) is 74.8 Å². The summed E-state index contributed by atoms with van der Waals surface area (Å²) >= 11 is 0. The predicted molar refractivity (Wildman–Crippen MR) is 100.0 cm³/mol. The smallest absolute Gasteiger partial charge is 0.274 e. The molecule has 5 nitrogen and oxygen atoms in total. The first-order valence-corrected chi connectivity index (χ1v) is 8.72. The topological polar surface area (TPSA) is 61.0 Å². The van der Waals surface area contributed by atoms with E-state index in [9.17, 15) is 4.79 Å². The molecule has 1 aliphatic heterocycles. The molecule has 0 aliphatic carbocycles. The van der Waals surface area contributed by atoms with Gasteiger partial charge in [-0.2, -0.15) is 0 Å². The van der Waals surface area contributed by atoms with Crippen LogP contribution in [0.2, 0.25) is 0 Å². The molecule has 128 valence electrons. The van der Waals surface area contributed by atoms with Gasteiger partial charge in [-0.1, -0.05) is 6.07 Å². The number of pyridine rings is 1. The number of carbonyl (C=O) groups is 1. The number of nitrogens with zero attached hydrogens (tertiary/aromatic N) is 2. The summed E-state index contributed by atoms with van der Waals surface area (Å²) in [4.78, 5) is 22.2. The number of hydrogen-bond acceptors (Lipinski definition) is 3. The average Bonchev–Trinajstić information content (AvgIpc) is 3.06. The maximum Gasteiger partial charge on any atom is 0.274 e. The van der Waals surface area contributed by atoms with E-state index < -0.39 is 0 Å². The van der Waals surface area contributed by atoms with E-state index in [1.807, 2.05) is 18.2 Å². The van der Waals surface area contributed by atoms with E-state index in [1.54, 1.807) is 18.3 Å². The summed E-state index contributed by atoms with van der Waals surface area (Å²) < 4.78 is 0. The highest BCUT2D eigenvalue weighted by Gasteiger charge is 2.21. The highest BCUT2D eigenvalue weighted by molar-refractivity contribution is 6.04. The second kappa shape index (κ2) is 6.69. The van der Waals surface area contributed by atoms with Gasteiger partial charge in [0.2, 0.25) is 0 Å². The second-order valence-electron chi connectivity index (χ2n) is 6.75. The van der Waals surface area contributed by atoms with E-state index in [-0.39, 0.29) is 5.91 Å². The lowest BCUT2D eigenvalue weighted by molar-refractivity contribution is 0.102. The Labute approximate surface area is 147 Å². The first-order valence-electron chi connectivity index (χ1n) is 8.72. The van der Waals surface area contributed by atoms with Crippen molar-refractivity contribution in [3.8, 4) is 0 Å². The zero-order chi connectivity index (χ0) is 17.2. The molecule has 0 saturated carbocycles. The number of fused-ring (bicyclic) bond motifs is 1. The van der Waals surface area contributed by atoms with Crippen LogP contribution in [0.5, 0.6) is 0 Å². The molecule has 0 radical (unpaired) electrons. The molecule has 5 heteroatoms. The first kappa shape index (κ1) is 15.8. The van der Waals surface area contributed by atoms with Gasteiger partial charge >= 0.3 is 0 Å². The lowest BCUT2D eigenvalue weighted by Crippen LogP contribution is -2.29. The Morgan fingerprint density at radius 2 is 2.08 bits per heavy atom. The van der Waals surface area contributed by atoms with Crippen molar-refractivity contribution in [1.29, 1.82) is 0 Å². The predicted octanol–water partition coefficient (Wildman–Crippen LogP) is 3.62. The van der Waals surface area contributed by atoms with Crippen LogP contribution in [0.4, 0.5) is 5.69 Å². The van der Waals surface area contributed by atoms with Crippen molar-refractivity contribution >= 4 is 22.5 Å². The van der Waals surface area contributed by atoms with Crippen LogP contribution in [0.1, 0.15) is 34.8 Å². The zero-order valence-electron chi connectivity index (χ0n) is 14.3. The van der Waals surface area contributed by atoms with Gasteiger partial charge in [0.25, 0.3) is 5.91 Å². The Kier molecular flexibility index (Phi) is 4.24. The third-order valence-electron chi connectivity index (χ3n) is 5.03. The lowest BCUT2D eigenvalue weighted by Gasteiger charge is -2.28. The van der Waals surface area contributed by atoms with Crippen LogP contribution < -0.4 is 5.32 Å². The Hall–Kier alpha value is -2.66. The van der Waals surface area contributed by atoms with Gasteiger partial charge in [0, 0.05) is 29.0 Å². The highest BCUT2D eigenvalue weighted by Crippen LogP contribution is 2.34. The molecule has 3 heterocycles. The quantitative estimate of drug-likeness (QED) is 0.769. The number of piperidine rings is 1. The van der Waals surface area contributed by atoms with E-state index in [4.69, 9.17) is 0 Å². The van der Waals surface area contributed by atoms with Crippen LogP contribution in [0.3, 0.4) is 0 Å². The summed E-state index contributed by atoms with van der Waals surface area (Å²) in [7, 11) is 2.18.